The molecule has 1 aromatic rings. The Morgan fingerprint density at radius 3 is 2.73 bits per heavy atom. The summed E-state index contributed by atoms with van der Waals surface area (Å²) in [6.07, 6.45) is 2.14. The number of hydrogen-bond donors (Lipinski definition) is 2. The number of rotatable bonds is 5. The summed E-state index contributed by atoms with van der Waals surface area (Å²) in [5.74, 6) is -1.14. The van der Waals surface area contributed by atoms with Gasteiger partial charge in [0.15, 0.2) is 11.9 Å². The Balaban J connectivity index is 1.31. The van der Waals surface area contributed by atoms with Crippen molar-refractivity contribution in [3.8, 4) is 6.07 Å². The molecule has 3 atom stereocenters. The molecule has 0 aromatic heterocycles. The first-order valence-corrected chi connectivity index (χ1v) is 11.9. The third-order valence-corrected chi connectivity index (χ3v) is 7.21. The van der Waals surface area contributed by atoms with E-state index < -0.39 is 23.8 Å². The molecular formula is C23H29BrFN5O3. The van der Waals surface area contributed by atoms with Gasteiger partial charge in [-0.05, 0) is 66.7 Å². The van der Waals surface area contributed by atoms with Gasteiger partial charge in [-0.15, -0.1) is 0 Å². The third kappa shape index (κ3) is 5.10. The van der Waals surface area contributed by atoms with Crippen LogP contribution >= 0.6 is 15.9 Å². The van der Waals surface area contributed by atoms with Crippen molar-refractivity contribution in [2.75, 3.05) is 31.6 Å². The average molecular weight is 522 g/mol. The first-order chi connectivity index (χ1) is 15.7. The van der Waals surface area contributed by atoms with Gasteiger partial charge >= 0.3 is 0 Å². The van der Waals surface area contributed by atoms with Gasteiger partial charge in [-0.2, -0.15) is 5.26 Å². The predicted molar refractivity (Wildman–Crippen MR) is 125 cm³/mol. The minimum Gasteiger partial charge on any atom is -0.370 e. The van der Waals surface area contributed by atoms with Crippen LogP contribution in [0.5, 0.6) is 0 Å². The highest BCUT2D eigenvalue weighted by Gasteiger charge is 2.50. The molecule has 2 N–H and O–H groups in total. The average Bonchev–Trinajstić information content (AvgIpc) is 3.30. The molecular weight excluding hydrogens is 493 g/mol. The summed E-state index contributed by atoms with van der Waals surface area (Å²) in [6.45, 7) is 5.66. The van der Waals surface area contributed by atoms with Crippen LogP contribution in [0, 0.1) is 23.1 Å². The number of anilines is 1. The quantitative estimate of drug-likeness (QED) is 0.575. The number of amides is 1. The normalized spacial score (nSPS) is 27.2. The number of carbonyl (C=O) groups is 1. The minimum absolute atomic E-state index is 0.184. The number of piperidine rings is 1. The van der Waals surface area contributed by atoms with Gasteiger partial charge in [0, 0.05) is 32.9 Å². The molecule has 1 aromatic carbocycles. The lowest BCUT2D eigenvalue weighted by Gasteiger charge is -2.34. The van der Waals surface area contributed by atoms with E-state index in [4.69, 9.17) is 9.47 Å². The van der Waals surface area contributed by atoms with Gasteiger partial charge in [0.2, 0.25) is 0 Å². The van der Waals surface area contributed by atoms with Gasteiger partial charge in [0.25, 0.3) is 5.91 Å². The second kappa shape index (κ2) is 9.49. The first-order valence-electron chi connectivity index (χ1n) is 11.1. The fourth-order valence-corrected chi connectivity index (χ4v) is 4.99. The zero-order chi connectivity index (χ0) is 23.8. The summed E-state index contributed by atoms with van der Waals surface area (Å²) < 4.78 is 26.4. The second-order valence-electron chi connectivity index (χ2n) is 9.16. The molecule has 8 nitrogen and oxygen atoms in total. The molecule has 2 fully saturated rings. The molecule has 3 heterocycles. The number of likely N-dealkylation sites (N-methyl/N-ethyl adjacent to an activating group) is 1. The van der Waals surface area contributed by atoms with Crippen LogP contribution in [-0.2, 0) is 14.3 Å². The Morgan fingerprint density at radius 2 is 2.09 bits per heavy atom. The number of halogens is 2. The molecule has 0 bridgehead atoms. The van der Waals surface area contributed by atoms with Crippen LogP contribution in [-0.4, -0.2) is 61.6 Å². The molecule has 0 spiro atoms. The maximum absolute atomic E-state index is 13.4. The smallest absolute Gasteiger partial charge is 0.252 e. The van der Waals surface area contributed by atoms with Crippen LogP contribution < -0.4 is 15.5 Å². The zero-order valence-corrected chi connectivity index (χ0v) is 20.6. The molecule has 1 amide bonds. The number of nitrogens with zero attached hydrogens (tertiary/aromatic N) is 3. The predicted octanol–water partition coefficient (Wildman–Crippen LogP) is 2.60. The van der Waals surface area contributed by atoms with E-state index in [1.807, 2.05) is 32.0 Å². The summed E-state index contributed by atoms with van der Waals surface area (Å²) in [5.41, 5.74) is 1.11. The van der Waals surface area contributed by atoms with Crippen molar-refractivity contribution in [2.45, 2.75) is 50.8 Å². The van der Waals surface area contributed by atoms with Crippen molar-refractivity contribution in [2.24, 2.45) is 5.92 Å². The van der Waals surface area contributed by atoms with Crippen LogP contribution in [0.3, 0.4) is 0 Å². The van der Waals surface area contributed by atoms with E-state index in [2.05, 4.69) is 37.5 Å². The van der Waals surface area contributed by atoms with E-state index in [-0.39, 0.29) is 12.1 Å². The van der Waals surface area contributed by atoms with E-state index in [0.29, 0.717) is 18.0 Å². The van der Waals surface area contributed by atoms with Crippen molar-refractivity contribution in [1.29, 1.82) is 5.26 Å². The lowest BCUT2D eigenvalue weighted by Crippen LogP contribution is -2.53. The van der Waals surface area contributed by atoms with E-state index in [1.54, 1.807) is 6.07 Å². The van der Waals surface area contributed by atoms with Crippen LogP contribution in [0.2, 0.25) is 0 Å². The molecule has 10 heteroatoms. The second-order valence-corrected chi connectivity index (χ2v) is 9.97. The number of carbonyl (C=O) groups excluding carboxylic acids is 1. The molecule has 4 rings (SSSR count). The highest BCUT2D eigenvalue weighted by Crippen LogP contribution is 2.34. The molecule has 0 saturated carbocycles. The molecule has 0 radical (unpaired) electrons. The lowest BCUT2D eigenvalue weighted by molar-refractivity contribution is -0.158. The lowest BCUT2D eigenvalue weighted by atomic mass is 9.95. The fraction of sp³-hybridized carbons (Fsp3) is 0.565. The van der Waals surface area contributed by atoms with Crippen molar-refractivity contribution in [3.63, 3.8) is 0 Å². The first kappa shape index (κ1) is 23.8. The van der Waals surface area contributed by atoms with Gasteiger partial charge in [-0.1, -0.05) is 0 Å². The summed E-state index contributed by atoms with van der Waals surface area (Å²) in [4.78, 5) is 17.1. The van der Waals surface area contributed by atoms with Crippen LogP contribution in [0.15, 0.2) is 29.0 Å². The van der Waals surface area contributed by atoms with Gasteiger partial charge in [0.1, 0.15) is 24.2 Å². The Kier molecular flexibility index (Phi) is 6.84. The maximum Gasteiger partial charge on any atom is 0.252 e. The summed E-state index contributed by atoms with van der Waals surface area (Å²) in [5, 5.41) is 15.6. The molecule has 33 heavy (non-hydrogen) atoms. The Morgan fingerprint density at radius 1 is 1.36 bits per heavy atom. The number of nitriles is 1. The highest BCUT2D eigenvalue weighted by atomic mass is 79.9. The van der Waals surface area contributed by atoms with Crippen molar-refractivity contribution < 1.29 is 18.7 Å². The van der Waals surface area contributed by atoms with Gasteiger partial charge < -0.3 is 29.9 Å². The Labute approximate surface area is 201 Å². The van der Waals surface area contributed by atoms with Gasteiger partial charge in [-0.25, -0.2) is 4.39 Å². The number of ether oxygens (including phenoxy) is 2. The standard InChI is InChI=1S/C23H29BrFN5O3/c1-23(2)32-19(21-27-13-18(24)29(21)3)20(33-23)22(31)28-12-14-6-8-30(9-7-14)17-5-4-16(25)10-15(17)11-26/h4-5,10,13-14,19-21,27H,6-9,12H2,1-3H3,(H,28,31)/t19-,20-,21?/m1/s1. The fourth-order valence-electron chi connectivity index (χ4n) is 4.64. The largest absolute Gasteiger partial charge is 0.370 e. The number of nitrogens with one attached hydrogen (secondary N) is 2. The minimum atomic E-state index is -0.858. The van der Waals surface area contributed by atoms with E-state index in [0.717, 1.165) is 36.2 Å². The third-order valence-electron chi connectivity index (χ3n) is 6.43. The van der Waals surface area contributed by atoms with Crippen LogP contribution in [0.25, 0.3) is 0 Å². The summed E-state index contributed by atoms with van der Waals surface area (Å²) in [6, 6.07) is 6.39. The molecule has 1 unspecified atom stereocenters. The topological polar surface area (TPSA) is 89.9 Å². The Bertz CT molecular complexity index is 973. The van der Waals surface area contributed by atoms with Crippen molar-refractivity contribution >= 4 is 27.5 Å². The maximum atomic E-state index is 13.4. The molecule has 3 aliphatic rings. The Hall–Kier alpha value is -2.35. The van der Waals surface area contributed by atoms with E-state index in [1.165, 1.54) is 12.1 Å². The van der Waals surface area contributed by atoms with Gasteiger partial charge in [-0.3, -0.25) is 4.79 Å². The van der Waals surface area contributed by atoms with Crippen molar-refractivity contribution in [1.82, 2.24) is 15.5 Å². The van der Waals surface area contributed by atoms with Crippen LogP contribution in [0.1, 0.15) is 32.3 Å². The highest BCUT2D eigenvalue weighted by molar-refractivity contribution is 9.11. The SMILES string of the molecule is CN1C(Br)=CNC1[C@@H]1OC(C)(C)O[C@H]1C(=O)NCC1CCN(c2ccc(F)cc2C#N)CC1. The summed E-state index contributed by atoms with van der Waals surface area (Å²) >= 11 is 3.48. The number of hydrogen-bond acceptors (Lipinski definition) is 7. The molecule has 2 saturated heterocycles. The van der Waals surface area contributed by atoms with Crippen LogP contribution in [0.4, 0.5) is 10.1 Å². The van der Waals surface area contributed by atoms with E-state index in [9.17, 15) is 14.4 Å². The molecule has 0 aliphatic carbocycles. The van der Waals surface area contributed by atoms with E-state index >= 15 is 0 Å². The molecule has 178 valence electrons. The monoisotopic (exact) mass is 521 g/mol. The van der Waals surface area contributed by atoms with Crippen molar-refractivity contribution in [3.05, 3.63) is 40.4 Å². The van der Waals surface area contributed by atoms with Gasteiger partial charge in [0.05, 0.1) is 15.9 Å². The zero-order valence-electron chi connectivity index (χ0n) is 19.0. The molecule has 3 aliphatic heterocycles. The summed E-state index contributed by atoms with van der Waals surface area (Å²) in [7, 11) is 1.92. The number of benzene rings is 1.